The summed E-state index contributed by atoms with van der Waals surface area (Å²) in [6, 6.07) is 11.5. The molecule has 0 N–H and O–H groups in total. The number of carbonyl (C=O) groups excluding carboxylic acids is 1. The van der Waals surface area contributed by atoms with Crippen molar-refractivity contribution in [1.82, 2.24) is 0 Å². The number of hydrogen-bond acceptors (Lipinski definition) is 2. The molecule has 0 saturated heterocycles. The highest BCUT2D eigenvalue weighted by Crippen LogP contribution is 2.29. The van der Waals surface area contributed by atoms with Gasteiger partial charge in [0.05, 0.1) is 5.56 Å². The average molecular weight is 515 g/mol. The van der Waals surface area contributed by atoms with Crippen molar-refractivity contribution in [2.75, 3.05) is 0 Å². The van der Waals surface area contributed by atoms with E-state index in [2.05, 4.69) is 6.92 Å². The normalized spacial score (nSPS) is 11.1. The van der Waals surface area contributed by atoms with Crippen LogP contribution < -0.4 is 4.74 Å². The van der Waals surface area contributed by atoms with E-state index in [1.165, 1.54) is 42.5 Å². The zero-order valence-electron chi connectivity index (χ0n) is 21.5. The van der Waals surface area contributed by atoms with Crippen molar-refractivity contribution in [1.29, 1.82) is 0 Å². The van der Waals surface area contributed by atoms with Crippen LogP contribution in [-0.2, 0) is 12.8 Å². The molecule has 3 aromatic carbocycles. The Kier molecular flexibility index (Phi) is 10.7. The third-order valence-corrected chi connectivity index (χ3v) is 6.52. The monoisotopic (exact) mass is 514 g/mol. The Bertz CT molecular complexity index is 1190. The maximum absolute atomic E-state index is 14.8. The standard InChI is InChI=1S/C31H34F4O2/c1-3-5-7-8-10-12-22-17-19-25(29(34)27(22)32)21-13-15-24(16-14-21)31(36)37-26-20-18-23(11-9-6-4-2)28(33)30(26)35/h13-20H,3-12H2,1-2H3. The Morgan fingerprint density at radius 1 is 0.622 bits per heavy atom. The summed E-state index contributed by atoms with van der Waals surface area (Å²) in [5.74, 6) is -5.39. The Labute approximate surface area is 216 Å². The van der Waals surface area contributed by atoms with E-state index >= 15 is 0 Å². The molecule has 0 saturated carbocycles. The molecule has 0 aliphatic heterocycles. The van der Waals surface area contributed by atoms with Gasteiger partial charge in [-0.05, 0) is 60.6 Å². The maximum Gasteiger partial charge on any atom is 0.343 e. The van der Waals surface area contributed by atoms with Gasteiger partial charge in [0.25, 0.3) is 0 Å². The molecular formula is C31H34F4O2. The molecule has 0 fully saturated rings. The second-order valence-electron chi connectivity index (χ2n) is 9.34. The lowest BCUT2D eigenvalue weighted by Gasteiger charge is -2.11. The first-order valence-electron chi connectivity index (χ1n) is 13.1. The second kappa shape index (κ2) is 14.0. The van der Waals surface area contributed by atoms with Crippen molar-refractivity contribution in [2.24, 2.45) is 0 Å². The van der Waals surface area contributed by atoms with Gasteiger partial charge in [0, 0.05) is 5.56 Å². The molecule has 0 aromatic heterocycles. The molecule has 0 heterocycles. The molecule has 0 atom stereocenters. The fourth-order valence-corrected chi connectivity index (χ4v) is 4.28. The van der Waals surface area contributed by atoms with Crippen LogP contribution in [0.5, 0.6) is 5.75 Å². The first kappa shape index (κ1) is 28.4. The summed E-state index contributed by atoms with van der Waals surface area (Å²) in [6.07, 6.45) is 8.62. The topological polar surface area (TPSA) is 26.3 Å². The summed E-state index contributed by atoms with van der Waals surface area (Å²) in [5.41, 5.74) is 1.13. The molecular weight excluding hydrogens is 480 g/mol. The molecule has 0 amide bonds. The van der Waals surface area contributed by atoms with Gasteiger partial charge < -0.3 is 4.74 Å². The first-order valence-corrected chi connectivity index (χ1v) is 13.1. The number of ether oxygens (including phenoxy) is 1. The maximum atomic E-state index is 14.8. The van der Waals surface area contributed by atoms with E-state index in [0.29, 0.717) is 24.0 Å². The minimum absolute atomic E-state index is 0.0696. The molecule has 6 heteroatoms. The number of halogens is 4. The highest BCUT2D eigenvalue weighted by atomic mass is 19.2. The lowest BCUT2D eigenvalue weighted by atomic mass is 9.98. The van der Waals surface area contributed by atoms with Crippen molar-refractivity contribution in [3.05, 3.63) is 88.5 Å². The van der Waals surface area contributed by atoms with Crippen molar-refractivity contribution in [2.45, 2.75) is 78.1 Å². The van der Waals surface area contributed by atoms with E-state index < -0.39 is 35.0 Å². The Morgan fingerprint density at radius 3 is 1.81 bits per heavy atom. The number of hydrogen-bond donors (Lipinski definition) is 0. The highest BCUT2D eigenvalue weighted by molar-refractivity contribution is 5.91. The largest absolute Gasteiger partial charge is 0.420 e. The van der Waals surface area contributed by atoms with E-state index in [1.54, 1.807) is 6.07 Å². The smallest absolute Gasteiger partial charge is 0.343 e. The quantitative estimate of drug-likeness (QED) is 0.0983. The van der Waals surface area contributed by atoms with Crippen LogP contribution in [0.2, 0.25) is 0 Å². The third-order valence-electron chi connectivity index (χ3n) is 6.52. The van der Waals surface area contributed by atoms with Crippen LogP contribution in [-0.4, -0.2) is 5.97 Å². The molecule has 0 radical (unpaired) electrons. The average Bonchev–Trinajstić information content (AvgIpc) is 2.90. The number of carbonyl (C=O) groups is 1. The second-order valence-corrected chi connectivity index (χ2v) is 9.34. The van der Waals surface area contributed by atoms with Gasteiger partial charge in [-0.3, -0.25) is 0 Å². The molecule has 2 nitrogen and oxygen atoms in total. The predicted molar refractivity (Wildman–Crippen MR) is 139 cm³/mol. The molecule has 3 aromatic rings. The lowest BCUT2D eigenvalue weighted by molar-refractivity contribution is 0.0726. The van der Waals surface area contributed by atoms with Gasteiger partial charge in [0.15, 0.2) is 23.2 Å². The first-order chi connectivity index (χ1) is 17.9. The van der Waals surface area contributed by atoms with E-state index in [4.69, 9.17) is 4.74 Å². The fourth-order valence-electron chi connectivity index (χ4n) is 4.28. The summed E-state index contributed by atoms with van der Waals surface area (Å²) < 4.78 is 63.3. The van der Waals surface area contributed by atoms with Gasteiger partial charge in [-0.25, -0.2) is 18.0 Å². The minimum atomic E-state index is -1.21. The van der Waals surface area contributed by atoms with Crippen molar-refractivity contribution in [3.63, 3.8) is 0 Å². The zero-order chi connectivity index (χ0) is 26.8. The number of benzene rings is 3. The minimum Gasteiger partial charge on any atom is -0.420 e. The van der Waals surface area contributed by atoms with Gasteiger partial charge in [-0.2, -0.15) is 4.39 Å². The summed E-state index contributed by atoms with van der Waals surface area (Å²) in [6.45, 7) is 4.14. The van der Waals surface area contributed by atoms with Gasteiger partial charge in [0.2, 0.25) is 5.82 Å². The SMILES string of the molecule is CCCCCCCc1ccc(-c2ccc(C(=O)Oc3ccc(CCCCC)c(F)c3F)cc2)c(F)c1F. The number of unbranched alkanes of at least 4 members (excludes halogenated alkanes) is 6. The van der Waals surface area contributed by atoms with Crippen LogP contribution >= 0.6 is 0 Å². The highest BCUT2D eigenvalue weighted by Gasteiger charge is 2.19. The van der Waals surface area contributed by atoms with E-state index in [0.717, 1.165) is 51.4 Å². The van der Waals surface area contributed by atoms with E-state index in [9.17, 15) is 22.4 Å². The van der Waals surface area contributed by atoms with Crippen LogP contribution in [0.1, 0.15) is 86.7 Å². The van der Waals surface area contributed by atoms with Crippen LogP contribution in [0.3, 0.4) is 0 Å². The third kappa shape index (κ3) is 7.43. The van der Waals surface area contributed by atoms with Crippen molar-refractivity contribution in [3.8, 4) is 16.9 Å². The van der Waals surface area contributed by atoms with Crippen LogP contribution in [0, 0.1) is 23.3 Å². The van der Waals surface area contributed by atoms with Gasteiger partial charge >= 0.3 is 5.97 Å². The van der Waals surface area contributed by atoms with E-state index in [1.807, 2.05) is 6.92 Å². The van der Waals surface area contributed by atoms with Crippen LogP contribution in [0.4, 0.5) is 17.6 Å². The van der Waals surface area contributed by atoms with Crippen LogP contribution in [0.25, 0.3) is 11.1 Å². The zero-order valence-corrected chi connectivity index (χ0v) is 21.5. The molecule has 0 aliphatic rings. The van der Waals surface area contributed by atoms with E-state index in [-0.39, 0.29) is 16.7 Å². The molecule has 198 valence electrons. The lowest BCUT2D eigenvalue weighted by Crippen LogP contribution is -2.10. The Balaban J connectivity index is 1.67. The number of aryl methyl sites for hydroxylation is 2. The Hall–Kier alpha value is -3.15. The number of esters is 1. The van der Waals surface area contributed by atoms with Crippen molar-refractivity contribution >= 4 is 5.97 Å². The number of rotatable bonds is 13. The molecule has 0 bridgehead atoms. The van der Waals surface area contributed by atoms with Gasteiger partial charge in [-0.1, -0.05) is 82.7 Å². The molecule has 0 aliphatic carbocycles. The van der Waals surface area contributed by atoms with Gasteiger partial charge in [-0.15, -0.1) is 0 Å². The van der Waals surface area contributed by atoms with Crippen molar-refractivity contribution < 1.29 is 27.1 Å². The summed E-state index contributed by atoms with van der Waals surface area (Å²) in [4.78, 5) is 12.5. The Morgan fingerprint density at radius 2 is 1.16 bits per heavy atom. The molecule has 0 unspecified atom stereocenters. The molecule has 37 heavy (non-hydrogen) atoms. The predicted octanol–water partition coefficient (Wildman–Crippen LogP) is 9.37. The molecule has 3 rings (SSSR count). The molecule has 0 spiro atoms. The summed E-state index contributed by atoms with van der Waals surface area (Å²) in [5, 5.41) is 0. The fraction of sp³-hybridized carbons (Fsp3) is 0.387. The van der Waals surface area contributed by atoms with Gasteiger partial charge in [0.1, 0.15) is 0 Å². The summed E-state index contributed by atoms with van der Waals surface area (Å²) >= 11 is 0. The van der Waals surface area contributed by atoms with Crippen LogP contribution in [0.15, 0.2) is 48.5 Å². The summed E-state index contributed by atoms with van der Waals surface area (Å²) in [7, 11) is 0.